The number of rotatable bonds is 4. The normalized spacial score (nSPS) is 19.5. The van der Waals surface area contributed by atoms with Crippen LogP contribution in [-0.2, 0) is 6.42 Å². The maximum Gasteiger partial charge on any atom is 0.263 e. The Balaban J connectivity index is 1.30. The molecule has 0 unspecified atom stereocenters. The summed E-state index contributed by atoms with van der Waals surface area (Å²) in [7, 11) is 0. The number of hydrogen-bond acceptors (Lipinski definition) is 4. The van der Waals surface area contributed by atoms with Crippen LogP contribution in [0.5, 0.6) is 0 Å². The molecule has 4 rings (SSSR count). The topological polar surface area (TPSA) is 61.9 Å². The number of aromatic amines is 1. The minimum atomic E-state index is 0.184. The van der Waals surface area contributed by atoms with Gasteiger partial charge in [-0.3, -0.25) is 9.89 Å². The summed E-state index contributed by atoms with van der Waals surface area (Å²) in [6.45, 7) is 1.70. The van der Waals surface area contributed by atoms with E-state index in [4.69, 9.17) is 0 Å². The minimum absolute atomic E-state index is 0.184. The summed E-state index contributed by atoms with van der Waals surface area (Å²) in [5.41, 5.74) is 0. The zero-order valence-corrected chi connectivity index (χ0v) is 13.3. The van der Waals surface area contributed by atoms with Crippen LogP contribution in [0, 0.1) is 5.92 Å². The molecule has 2 aromatic heterocycles. The van der Waals surface area contributed by atoms with Gasteiger partial charge in [-0.1, -0.05) is 6.07 Å². The highest BCUT2D eigenvalue weighted by atomic mass is 32.1. The van der Waals surface area contributed by atoms with Crippen LogP contribution < -0.4 is 0 Å². The summed E-state index contributed by atoms with van der Waals surface area (Å²) in [5, 5.41) is 9.37. The zero-order chi connectivity index (χ0) is 14.9. The van der Waals surface area contributed by atoms with Gasteiger partial charge < -0.3 is 4.90 Å². The quantitative estimate of drug-likeness (QED) is 0.943. The van der Waals surface area contributed by atoms with Crippen molar-refractivity contribution in [1.29, 1.82) is 0 Å². The van der Waals surface area contributed by atoms with Crippen LogP contribution >= 0.6 is 11.3 Å². The summed E-state index contributed by atoms with van der Waals surface area (Å²) in [6, 6.07) is 3.85. The number of likely N-dealkylation sites (tertiary alicyclic amines) is 1. The molecular weight excluding hydrogens is 296 g/mol. The van der Waals surface area contributed by atoms with Crippen LogP contribution in [0.3, 0.4) is 0 Å². The van der Waals surface area contributed by atoms with Crippen LogP contribution in [0.25, 0.3) is 0 Å². The largest absolute Gasteiger partial charge is 0.338 e. The number of amides is 1. The third-order valence-electron chi connectivity index (χ3n) is 4.61. The van der Waals surface area contributed by atoms with Gasteiger partial charge in [-0.05, 0) is 43.0 Å². The first-order chi connectivity index (χ1) is 10.8. The fourth-order valence-electron chi connectivity index (χ4n) is 3.10. The first-order valence-electron chi connectivity index (χ1n) is 8.03. The molecule has 1 saturated heterocycles. The number of nitrogens with one attached hydrogen (secondary N) is 1. The number of carbonyl (C=O) groups is 1. The highest BCUT2D eigenvalue weighted by Crippen LogP contribution is 2.38. The van der Waals surface area contributed by atoms with Gasteiger partial charge in [0.2, 0.25) is 0 Å². The molecule has 0 spiro atoms. The van der Waals surface area contributed by atoms with Crippen molar-refractivity contribution in [2.75, 3.05) is 13.1 Å². The SMILES string of the molecule is O=C(c1cccs1)N1CCC(Cc2nc(C3CC3)n[nH]2)CC1. The fraction of sp³-hybridized carbons (Fsp3) is 0.562. The highest BCUT2D eigenvalue weighted by molar-refractivity contribution is 7.12. The van der Waals surface area contributed by atoms with Gasteiger partial charge in [0.15, 0.2) is 5.82 Å². The maximum absolute atomic E-state index is 12.3. The first-order valence-corrected chi connectivity index (χ1v) is 8.91. The van der Waals surface area contributed by atoms with Crippen molar-refractivity contribution in [1.82, 2.24) is 20.1 Å². The summed E-state index contributed by atoms with van der Waals surface area (Å²) >= 11 is 1.52. The second-order valence-electron chi connectivity index (χ2n) is 6.33. The van der Waals surface area contributed by atoms with Crippen molar-refractivity contribution in [2.45, 2.75) is 38.0 Å². The van der Waals surface area contributed by atoms with E-state index >= 15 is 0 Å². The molecule has 0 aromatic carbocycles. The van der Waals surface area contributed by atoms with Crippen LogP contribution in [0.4, 0.5) is 0 Å². The second kappa shape index (κ2) is 5.83. The smallest absolute Gasteiger partial charge is 0.263 e. The molecule has 1 aliphatic carbocycles. The summed E-state index contributed by atoms with van der Waals surface area (Å²) in [4.78, 5) is 19.8. The lowest BCUT2D eigenvalue weighted by molar-refractivity contribution is 0.0695. The summed E-state index contributed by atoms with van der Waals surface area (Å²) < 4.78 is 0. The average Bonchev–Trinajstić information content (AvgIpc) is 3.06. The van der Waals surface area contributed by atoms with Crippen LogP contribution in [-0.4, -0.2) is 39.1 Å². The van der Waals surface area contributed by atoms with Gasteiger partial charge in [-0.25, -0.2) is 4.98 Å². The predicted molar refractivity (Wildman–Crippen MR) is 85.0 cm³/mol. The summed E-state index contributed by atoms with van der Waals surface area (Å²) in [5.74, 6) is 3.41. The van der Waals surface area contributed by atoms with Gasteiger partial charge >= 0.3 is 0 Å². The fourth-order valence-corrected chi connectivity index (χ4v) is 3.79. The molecule has 2 fully saturated rings. The molecular formula is C16H20N4OS. The molecule has 5 nitrogen and oxygen atoms in total. The maximum atomic E-state index is 12.3. The molecule has 0 radical (unpaired) electrons. The predicted octanol–water partition coefficient (Wildman–Crippen LogP) is 2.84. The number of H-pyrrole nitrogens is 1. The van der Waals surface area contributed by atoms with E-state index in [1.165, 1.54) is 24.2 Å². The Hall–Kier alpha value is -1.69. The van der Waals surface area contributed by atoms with E-state index in [0.717, 1.165) is 48.9 Å². The van der Waals surface area contributed by atoms with E-state index in [1.54, 1.807) is 0 Å². The number of carbonyl (C=O) groups excluding carboxylic acids is 1. The van der Waals surface area contributed by atoms with Crippen LogP contribution in [0.2, 0.25) is 0 Å². The van der Waals surface area contributed by atoms with E-state index in [2.05, 4.69) is 15.2 Å². The Bertz CT molecular complexity index is 639. The molecule has 0 bridgehead atoms. The molecule has 2 aliphatic rings. The monoisotopic (exact) mass is 316 g/mol. The lowest BCUT2D eigenvalue weighted by Gasteiger charge is -2.31. The molecule has 1 aliphatic heterocycles. The van der Waals surface area contributed by atoms with Crippen molar-refractivity contribution >= 4 is 17.2 Å². The van der Waals surface area contributed by atoms with Crippen molar-refractivity contribution in [3.05, 3.63) is 34.0 Å². The molecule has 1 saturated carbocycles. The number of hydrogen-bond donors (Lipinski definition) is 1. The van der Waals surface area contributed by atoms with Crippen molar-refractivity contribution in [3.63, 3.8) is 0 Å². The van der Waals surface area contributed by atoms with Gasteiger partial charge in [-0.2, -0.15) is 5.10 Å². The molecule has 1 amide bonds. The van der Waals surface area contributed by atoms with Gasteiger partial charge in [0.05, 0.1) is 4.88 Å². The lowest BCUT2D eigenvalue weighted by atomic mass is 9.93. The third-order valence-corrected chi connectivity index (χ3v) is 5.47. The first kappa shape index (κ1) is 13.9. The zero-order valence-electron chi connectivity index (χ0n) is 12.5. The molecule has 6 heteroatoms. The Morgan fingerprint density at radius 1 is 1.32 bits per heavy atom. The Morgan fingerprint density at radius 3 is 2.82 bits per heavy atom. The van der Waals surface area contributed by atoms with E-state index in [1.807, 2.05) is 22.4 Å². The van der Waals surface area contributed by atoms with Crippen LogP contribution in [0.15, 0.2) is 17.5 Å². The standard InChI is InChI=1S/C16H20N4OS/c21-16(13-2-1-9-22-13)20-7-5-11(6-8-20)10-14-17-15(19-18-14)12-3-4-12/h1-2,9,11-12H,3-8,10H2,(H,17,18,19). The number of thiophene rings is 1. The molecule has 1 N–H and O–H groups in total. The van der Waals surface area contributed by atoms with E-state index in [9.17, 15) is 4.79 Å². The number of piperidine rings is 1. The van der Waals surface area contributed by atoms with Gasteiger partial charge in [-0.15, -0.1) is 11.3 Å². The van der Waals surface area contributed by atoms with Crippen molar-refractivity contribution in [2.24, 2.45) is 5.92 Å². The molecule has 0 atom stereocenters. The van der Waals surface area contributed by atoms with Gasteiger partial charge in [0.1, 0.15) is 5.82 Å². The van der Waals surface area contributed by atoms with Crippen molar-refractivity contribution in [3.8, 4) is 0 Å². The Labute approximate surface area is 133 Å². The lowest BCUT2D eigenvalue weighted by Crippen LogP contribution is -2.38. The van der Waals surface area contributed by atoms with E-state index in [0.29, 0.717) is 11.8 Å². The second-order valence-corrected chi connectivity index (χ2v) is 7.28. The summed E-state index contributed by atoms with van der Waals surface area (Å²) in [6.07, 6.45) is 5.54. The van der Waals surface area contributed by atoms with Crippen molar-refractivity contribution < 1.29 is 4.79 Å². The molecule has 3 heterocycles. The molecule has 116 valence electrons. The van der Waals surface area contributed by atoms with Gasteiger partial charge in [0, 0.05) is 25.4 Å². The minimum Gasteiger partial charge on any atom is -0.338 e. The number of aromatic nitrogens is 3. The van der Waals surface area contributed by atoms with E-state index in [-0.39, 0.29) is 5.91 Å². The highest BCUT2D eigenvalue weighted by Gasteiger charge is 2.29. The average molecular weight is 316 g/mol. The van der Waals surface area contributed by atoms with Crippen LogP contribution in [0.1, 0.15) is 52.9 Å². The van der Waals surface area contributed by atoms with Gasteiger partial charge in [0.25, 0.3) is 5.91 Å². The third kappa shape index (κ3) is 2.92. The Morgan fingerprint density at radius 2 is 2.14 bits per heavy atom. The number of nitrogens with zero attached hydrogens (tertiary/aromatic N) is 3. The molecule has 22 heavy (non-hydrogen) atoms. The molecule has 2 aromatic rings. The van der Waals surface area contributed by atoms with E-state index < -0.39 is 0 Å². The Kier molecular flexibility index (Phi) is 3.70.